The van der Waals surface area contributed by atoms with Crippen molar-refractivity contribution in [2.75, 3.05) is 20.3 Å². The molecule has 0 radical (unpaired) electrons. The SMILES string of the molecule is C=CCc1ccc(OCCn2c(CCCNC(=O)c3ccc(C)cc3)nc3ccccc32)c(OC)c1. The molecular formula is C30H33N3O3. The average Bonchev–Trinajstić information content (AvgIpc) is 3.25. The van der Waals surface area contributed by atoms with Crippen LogP contribution in [0.1, 0.15) is 33.7 Å². The molecule has 1 amide bonds. The molecule has 186 valence electrons. The predicted octanol–water partition coefficient (Wildman–Crippen LogP) is 5.52. The van der Waals surface area contributed by atoms with Crippen LogP contribution in [0.4, 0.5) is 0 Å². The second-order valence-electron chi connectivity index (χ2n) is 8.72. The number of aryl methyl sites for hydroxylation is 2. The lowest BCUT2D eigenvalue weighted by atomic mass is 10.1. The Labute approximate surface area is 212 Å². The smallest absolute Gasteiger partial charge is 0.251 e. The molecule has 0 fully saturated rings. The maximum absolute atomic E-state index is 12.4. The number of ether oxygens (including phenoxy) is 2. The van der Waals surface area contributed by atoms with Crippen molar-refractivity contribution in [1.82, 2.24) is 14.9 Å². The zero-order valence-electron chi connectivity index (χ0n) is 21.0. The van der Waals surface area contributed by atoms with Gasteiger partial charge in [0.25, 0.3) is 5.91 Å². The van der Waals surface area contributed by atoms with E-state index in [0.29, 0.717) is 25.3 Å². The molecule has 6 nitrogen and oxygen atoms in total. The van der Waals surface area contributed by atoms with Crippen LogP contribution in [0.25, 0.3) is 11.0 Å². The molecule has 4 aromatic rings. The Kier molecular flexibility index (Phi) is 8.40. The van der Waals surface area contributed by atoms with E-state index < -0.39 is 0 Å². The number of amides is 1. The fourth-order valence-corrected chi connectivity index (χ4v) is 4.19. The number of imidazole rings is 1. The number of carbonyl (C=O) groups excluding carboxylic acids is 1. The number of carbonyl (C=O) groups is 1. The number of hydrogen-bond acceptors (Lipinski definition) is 4. The molecule has 1 N–H and O–H groups in total. The summed E-state index contributed by atoms with van der Waals surface area (Å²) in [5.74, 6) is 2.37. The van der Waals surface area contributed by atoms with E-state index in [4.69, 9.17) is 14.5 Å². The first kappa shape index (κ1) is 25.0. The van der Waals surface area contributed by atoms with E-state index in [1.165, 1.54) is 0 Å². The Bertz CT molecular complexity index is 1330. The number of rotatable bonds is 12. The van der Waals surface area contributed by atoms with Gasteiger partial charge in [0.2, 0.25) is 0 Å². The minimum Gasteiger partial charge on any atom is -0.493 e. The average molecular weight is 484 g/mol. The number of methoxy groups -OCH3 is 1. The summed E-state index contributed by atoms with van der Waals surface area (Å²) in [4.78, 5) is 17.2. The molecule has 0 aliphatic heterocycles. The maximum Gasteiger partial charge on any atom is 0.251 e. The van der Waals surface area contributed by atoms with Crippen LogP contribution in [-0.2, 0) is 19.4 Å². The molecule has 0 atom stereocenters. The minimum atomic E-state index is -0.0510. The molecule has 6 heteroatoms. The Morgan fingerprint density at radius 1 is 1.08 bits per heavy atom. The molecule has 0 unspecified atom stereocenters. The zero-order valence-corrected chi connectivity index (χ0v) is 21.0. The number of benzene rings is 3. The molecule has 0 spiro atoms. The van der Waals surface area contributed by atoms with Crippen LogP contribution in [0.3, 0.4) is 0 Å². The second kappa shape index (κ2) is 12.1. The van der Waals surface area contributed by atoms with Crippen LogP contribution in [0.2, 0.25) is 0 Å². The number of para-hydroxylation sites is 2. The van der Waals surface area contributed by atoms with Crippen molar-refractivity contribution in [1.29, 1.82) is 0 Å². The molecule has 0 bridgehead atoms. The van der Waals surface area contributed by atoms with E-state index in [2.05, 4.69) is 22.5 Å². The standard InChI is InChI=1S/C30H33N3O3/c1-4-8-23-14-17-27(28(21-23)35-3)36-20-19-33-26-10-6-5-9-25(26)32-29(33)11-7-18-31-30(34)24-15-12-22(2)13-16-24/h4-6,9-10,12-17,21H,1,7-8,11,18-20H2,2-3H3,(H,31,34). The predicted molar refractivity (Wildman–Crippen MR) is 144 cm³/mol. The zero-order chi connectivity index (χ0) is 25.3. The van der Waals surface area contributed by atoms with Crippen molar-refractivity contribution in [3.8, 4) is 11.5 Å². The Morgan fingerprint density at radius 3 is 2.67 bits per heavy atom. The van der Waals surface area contributed by atoms with Crippen molar-refractivity contribution < 1.29 is 14.3 Å². The third kappa shape index (κ3) is 6.13. The van der Waals surface area contributed by atoms with Crippen molar-refractivity contribution >= 4 is 16.9 Å². The highest BCUT2D eigenvalue weighted by Crippen LogP contribution is 2.28. The van der Waals surface area contributed by atoms with Crippen LogP contribution < -0.4 is 14.8 Å². The summed E-state index contributed by atoms with van der Waals surface area (Å²) in [5, 5.41) is 3.01. The number of hydrogen-bond donors (Lipinski definition) is 1. The quantitative estimate of drug-likeness (QED) is 0.213. The van der Waals surface area contributed by atoms with Gasteiger partial charge in [-0.2, -0.15) is 0 Å². The van der Waals surface area contributed by atoms with Gasteiger partial charge in [0, 0.05) is 18.5 Å². The van der Waals surface area contributed by atoms with Gasteiger partial charge in [0.1, 0.15) is 12.4 Å². The van der Waals surface area contributed by atoms with E-state index in [9.17, 15) is 4.79 Å². The number of fused-ring (bicyclic) bond motifs is 1. The summed E-state index contributed by atoms with van der Waals surface area (Å²) in [7, 11) is 1.65. The Morgan fingerprint density at radius 2 is 1.89 bits per heavy atom. The summed E-state index contributed by atoms with van der Waals surface area (Å²) >= 11 is 0. The summed E-state index contributed by atoms with van der Waals surface area (Å²) in [6.07, 6.45) is 4.20. The Balaban J connectivity index is 1.38. The lowest BCUT2D eigenvalue weighted by molar-refractivity contribution is 0.0953. The molecule has 4 rings (SSSR count). The molecule has 0 saturated carbocycles. The second-order valence-corrected chi connectivity index (χ2v) is 8.72. The van der Waals surface area contributed by atoms with Crippen molar-refractivity contribution in [3.05, 3.63) is 102 Å². The molecule has 3 aromatic carbocycles. The van der Waals surface area contributed by atoms with E-state index in [0.717, 1.165) is 58.7 Å². The van der Waals surface area contributed by atoms with E-state index >= 15 is 0 Å². The monoisotopic (exact) mass is 483 g/mol. The lowest BCUT2D eigenvalue weighted by Gasteiger charge is -2.14. The molecule has 0 saturated heterocycles. The van der Waals surface area contributed by atoms with Gasteiger partial charge in [-0.15, -0.1) is 6.58 Å². The van der Waals surface area contributed by atoms with Gasteiger partial charge < -0.3 is 19.4 Å². The number of nitrogens with zero attached hydrogens (tertiary/aromatic N) is 2. The first-order valence-corrected chi connectivity index (χ1v) is 12.3. The van der Waals surface area contributed by atoms with E-state index in [1.54, 1.807) is 7.11 Å². The number of aromatic nitrogens is 2. The van der Waals surface area contributed by atoms with Gasteiger partial charge in [0.05, 0.1) is 24.7 Å². The van der Waals surface area contributed by atoms with Crippen LogP contribution in [0.15, 0.2) is 79.4 Å². The van der Waals surface area contributed by atoms with Gasteiger partial charge in [-0.25, -0.2) is 4.98 Å². The first-order valence-electron chi connectivity index (χ1n) is 12.3. The van der Waals surface area contributed by atoms with Gasteiger partial charge >= 0.3 is 0 Å². The molecule has 0 aliphatic rings. The summed E-state index contributed by atoms with van der Waals surface area (Å²) in [5.41, 5.74) is 4.98. The normalized spacial score (nSPS) is 10.8. The van der Waals surface area contributed by atoms with E-state index in [1.807, 2.05) is 73.7 Å². The highest BCUT2D eigenvalue weighted by atomic mass is 16.5. The van der Waals surface area contributed by atoms with Gasteiger partial charge in [-0.1, -0.05) is 42.0 Å². The highest BCUT2D eigenvalue weighted by Gasteiger charge is 2.12. The van der Waals surface area contributed by atoms with Gasteiger partial charge in [0.15, 0.2) is 11.5 Å². The van der Waals surface area contributed by atoms with Crippen molar-refractivity contribution in [2.24, 2.45) is 0 Å². The molecule has 0 aliphatic carbocycles. The molecular weight excluding hydrogens is 450 g/mol. The van der Waals surface area contributed by atoms with Crippen molar-refractivity contribution in [3.63, 3.8) is 0 Å². The number of allylic oxidation sites excluding steroid dienone is 1. The highest BCUT2D eigenvalue weighted by molar-refractivity contribution is 5.94. The summed E-state index contributed by atoms with van der Waals surface area (Å²) in [6, 6.07) is 21.7. The Hall–Kier alpha value is -4.06. The fraction of sp³-hybridized carbons (Fsp3) is 0.267. The van der Waals surface area contributed by atoms with Crippen LogP contribution in [-0.4, -0.2) is 35.7 Å². The van der Waals surface area contributed by atoms with Crippen LogP contribution in [0.5, 0.6) is 11.5 Å². The number of nitrogens with one attached hydrogen (secondary N) is 1. The van der Waals surface area contributed by atoms with E-state index in [-0.39, 0.29) is 5.91 Å². The molecule has 1 heterocycles. The minimum absolute atomic E-state index is 0.0510. The van der Waals surface area contributed by atoms with Crippen molar-refractivity contribution in [2.45, 2.75) is 32.7 Å². The molecule has 36 heavy (non-hydrogen) atoms. The molecule has 1 aromatic heterocycles. The first-order chi connectivity index (χ1) is 17.6. The summed E-state index contributed by atoms with van der Waals surface area (Å²) in [6.45, 7) is 7.53. The van der Waals surface area contributed by atoms with Crippen LogP contribution in [0, 0.1) is 6.92 Å². The largest absolute Gasteiger partial charge is 0.493 e. The lowest BCUT2D eigenvalue weighted by Crippen LogP contribution is -2.25. The topological polar surface area (TPSA) is 65.4 Å². The maximum atomic E-state index is 12.4. The third-order valence-electron chi connectivity index (χ3n) is 6.09. The van der Waals surface area contributed by atoms with Crippen LogP contribution >= 0.6 is 0 Å². The summed E-state index contributed by atoms with van der Waals surface area (Å²) < 4.78 is 13.8. The third-order valence-corrected chi connectivity index (χ3v) is 6.09. The van der Waals surface area contributed by atoms with Gasteiger partial charge in [-0.3, -0.25) is 4.79 Å². The fourth-order valence-electron chi connectivity index (χ4n) is 4.19. The van der Waals surface area contributed by atoms with Gasteiger partial charge in [-0.05, 0) is 61.7 Å².